The maximum atomic E-state index is 12.2. The first-order valence-electron chi connectivity index (χ1n) is 8.48. The van der Waals surface area contributed by atoms with E-state index in [2.05, 4.69) is 10.6 Å². The number of nitrogens with one attached hydrogen (secondary N) is 2. The van der Waals surface area contributed by atoms with Crippen molar-refractivity contribution >= 4 is 46.0 Å². The van der Waals surface area contributed by atoms with Gasteiger partial charge >= 0.3 is 0 Å². The summed E-state index contributed by atoms with van der Waals surface area (Å²) in [5.41, 5.74) is 0.864. The Bertz CT molecular complexity index is 1030. The fraction of sp³-hybridized carbons (Fsp3) is 0.200. The van der Waals surface area contributed by atoms with Gasteiger partial charge in [-0.15, -0.1) is 0 Å². The van der Waals surface area contributed by atoms with E-state index in [1.165, 1.54) is 12.1 Å². The molecule has 6 nitrogen and oxygen atoms in total. The molecule has 0 aliphatic carbocycles. The summed E-state index contributed by atoms with van der Waals surface area (Å²) < 4.78 is 11.1. The third-order valence-electron chi connectivity index (χ3n) is 4.14. The smallest absolute Gasteiger partial charge is 0.253 e. The number of hydrogen-bond acceptors (Lipinski definition) is 4. The molecule has 0 saturated carbocycles. The molecule has 1 aromatic heterocycles. The second-order valence-corrected chi connectivity index (χ2v) is 6.97. The Morgan fingerprint density at radius 3 is 2.68 bits per heavy atom. The van der Waals surface area contributed by atoms with Gasteiger partial charge in [0.1, 0.15) is 5.76 Å². The van der Waals surface area contributed by atoms with Crippen LogP contribution in [-0.2, 0) is 4.79 Å². The minimum Gasteiger partial charge on any atom is -0.493 e. The van der Waals surface area contributed by atoms with Crippen molar-refractivity contribution in [1.82, 2.24) is 10.6 Å². The molecule has 0 aliphatic rings. The van der Waals surface area contributed by atoms with Crippen molar-refractivity contribution in [3.05, 3.63) is 63.8 Å². The summed E-state index contributed by atoms with van der Waals surface area (Å²) in [5.74, 6) is 0.380. The molecule has 146 valence electrons. The van der Waals surface area contributed by atoms with E-state index in [0.29, 0.717) is 22.1 Å². The highest BCUT2D eigenvalue weighted by Gasteiger charge is 2.17. The van der Waals surface area contributed by atoms with Crippen molar-refractivity contribution in [1.29, 1.82) is 0 Å². The van der Waals surface area contributed by atoms with E-state index in [-0.39, 0.29) is 29.1 Å². The molecular formula is C20H18Cl2N2O4. The number of furan rings is 1. The number of rotatable bonds is 6. The molecule has 2 amide bonds. The van der Waals surface area contributed by atoms with Gasteiger partial charge in [0.2, 0.25) is 5.91 Å². The normalized spacial score (nSPS) is 11.9. The second kappa shape index (κ2) is 8.54. The molecule has 0 saturated heterocycles. The molecule has 0 aliphatic heterocycles. The van der Waals surface area contributed by atoms with Crippen molar-refractivity contribution in [3.8, 4) is 5.75 Å². The van der Waals surface area contributed by atoms with Crippen LogP contribution >= 0.6 is 23.2 Å². The Hall–Kier alpha value is -2.70. The zero-order chi connectivity index (χ0) is 20.3. The first-order chi connectivity index (χ1) is 13.4. The van der Waals surface area contributed by atoms with Crippen LogP contribution in [0.3, 0.4) is 0 Å². The summed E-state index contributed by atoms with van der Waals surface area (Å²) in [5, 5.41) is 6.83. The van der Waals surface area contributed by atoms with Crippen LogP contribution in [0.1, 0.15) is 29.1 Å². The maximum absolute atomic E-state index is 12.2. The first kappa shape index (κ1) is 20.0. The van der Waals surface area contributed by atoms with E-state index in [0.717, 1.165) is 5.39 Å². The number of fused-ring (bicyclic) bond motifs is 1. The van der Waals surface area contributed by atoms with E-state index >= 15 is 0 Å². The van der Waals surface area contributed by atoms with Gasteiger partial charge in [-0.25, -0.2) is 0 Å². The van der Waals surface area contributed by atoms with Crippen molar-refractivity contribution in [3.63, 3.8) is 0 Å². The highest BCUT2D eigenvalue weighted by Crippen LogP contribution is 2.30. The number of halogens is 2. The number of para-hydroxylation sites is 1. The van der Waals surface area contributed by atoms with Gasteiger partial charge in [-0.05, 0) is 37.3 Å². The fourth-order valence-electron chi connectivity index (χ4n) is 2.72. The van der Waals surface area contributed by atoms with Crippen LogP contribution in [0.4, 0.5) is 0 Å². The minimum atomic E-state index is -0.460. The molecule has 3 aromatic rings. The van der Waals surface area contributed by atoms with Gasteiger partial charge in [0.15, 0.2) is 11.3 Å². The molecule has 1 heterocycles. The van der Waals surface area contributed by atoms with Crippen LogP contribution in [-0.4, -0.2) is 25.5 Å². The topological polar surface area (TPSA) is 80.6 Å². The summed E-state index contributed by atoms with van der Waals surface area (Å²) in [6.45, 7) is 1.59. The van der Waals surface area contributed by atoms with Crippen LogP contribution in [0, 0.1) is 0 Å². The predicted molar refractivity (Wildman–Crippen MR) is 108 cm³/mol. The molecule has 2 N–H and O–H groups in total. The molecule has 0 spiro atoms. The van der Waals surface area contributed by atoms with E-state index in [4.69, 9.17) is 32.4 Å². The van der Waals surface area contributed by atoms with Gasteiger partial charge in [0.25, 0.3) is 5.91 Å². The van der Waals surface area contributed by atoms with E-state index < -0.39 is 5.91 Å². The Balaban J connectivity index is 1.61. The number of ether oxygens (including phenoxy) is 1. The van der Waals surface area contributed by atoms with Gasteiger partial charge in [-0.3, -0.25) is 9.59 Å². The maximum Gasteiger partial charge on any atom is 0.253 e. The summed E-state index contributed by atoms with van der Waals surface area (Å²) in [7, 11) is 1.57. The van der Waals surface area contributed by atoms with Gasteiger partial charge in [0, 0.05) is 10.4 Å². The van der Waals surface area contributed by atoms with Crippen molar-refractivity contribution in [2.45, 2.75) is 13.0 Å². The van der Waals surface area contributed by atoms with Crippen LogP contribution in [0.5, 0.6) is 5.75 Å². The summed E-state index contributed by atoms with van der Waals surface area (Å²) in [6, 6.07) is 11.5. The molecular weight excluding hydrogens is 403 g/mol. The molecule has 0 fully saturated rings. The van der Waals surface area contributed by atoms with E-state index in [1.807, 2.05) is 18.2 Å². The lowest BCUT2D eigenvalue weighted by molar-refractivity contribution is -0.120. The molecule has 28 heavy (non-hydrogen) atoms. The fourth-order valence-corrected chi connectivity index (χ4v) is 3.22. The number of amides is 2. The molecule has 1 atom stereocenters. The average molecular weight is 421 g/mol. The lowest BCUT2D eigenvalue weighted by Gasteiger charge is -2.12. The number of hydrogen-bond donors (Lipinski definition) is 2. The third kappa shape index (κ3) is 4.40. The number of carbonyl (C=O) groups is 2. The van der Waals surface area contributed by atoms with Crippen LogP contribution in [0.2, 0.25) is 10.0 Å². The summed E-state index contributed by atoms with van der Waals surface area (Å²) in [6.07, 6.45) is 0. The quantitative estimate of drug-likeness (QED) is 0.620. The average Bonchev–Trinajstić information content (AvgIpc) is 3.10. The first-order valence-corrected chi connectivity index (χ1v) is 9.23. The van der Waals surface area contributed by atoms with Crippen molar-refractivity contribution < 1.29 is 18.7 Å². The molecule has 1 unspecified atom stereocenters. The van der Waals surface area contributed by atoms with Crippen molar-refractivity contribution in [2.75, 3.05) is 13.7 Å². The van der Waals surface area contributed by atoms with E-state index in [9.17, 15) is 9.59 Å². The SMILES string of the molecule is COc1cccc2cc(C(C)NC(=O)CNC(=O)c3ccc(Cl)cc3Cl)oc12. The second-order valence-electron chi connectivity index (χ2n) is 6.12. The minimum absolute atomic E-state index is 0.203. The Morgan fingerprint density at radius 2 is 1.96 bits per heavy atom. The molecule has 0 radical (unpaired) electrons. The molecule has 8 heteroatoms. The third-order valence-corrected chi connectivity index (χ3v) is 4.68. The highest BCUT2D eigenvalue weighted by molar-refractivity contribution is 6.36. The standard InChI is InChI=1S/C20H18Cl2N2O4/c1-11(17-8-12-4-3-5-16(27-2)19(12)28-17)24-18(25)10-23-20(26)14-7-6-13(21)9-15(14)22/h3-9,11H,10H2,1-2H3,(H,23,26)(H,24,25). The molecule has 0 bridgehead atoms. The Labute approximate surface area is 171 Å². The number of carbonyl (C=O) groups excluding carboxylic acids is 2. The van der Waals surface area contributed by atoms with Crippen LogP contribution in [0.25, 0.3) is 11.0 Å². The van der Waals surface area contributed by atoms with Gasteiger partial charge < -0.3 is 19.8 Å². The van der Waals surface area contributed by atoms with E-state index in [1.54, 1.807) is 26.2 Å². The highest BCUT2D eigenvalue weighted by atomic mass is 35.5. The van der Waals surface area contributed by atoms with Crippen LogP contribution in [0.15, 0.2) is 46.9 Å². The molecule has 3 rings (SSSR count). The zero-order valence-electron chi connectivity index (χ0n) is 15.2. The van der Waals surface area contributed by atoms with Gasteiger partial charge in [0.05, 0.1) is 30.3 Å². The number of methoxy groups -OCH3 is 1. The molecule has 2 aromatic carbocycles. The lowest BCUT2D eigenvalue weighted by Crippen LogP contribution is -2.38. The monoisotopic (exact) mass is 420 g/mol. The Morgan fingerprint density at radius 1 is 1.18 bits per heavy atom. The van der Waals surface area contributed by atoms with Crippen molar-refractivity contribution in [2.24, 2.45) is 0 Å². The van der Waals surface area contributed by atoms with Gasteiger partial charge in [-0.1, -0.05) is 35.3 Å². The Kier molecular flexibility index (Phi) is 6.11. The lowest BCUT2D eigenvalue weighted by atomic mass is 10.2. The number of benzene rings is 2. The summed E-state index contributed by atoms with van der Waals surface area (Å²) in [4.78, 5) is 24.4. The predicted octanol–water partition coefficient (Wildman–Crippen LogP) is 4.36. The largest absolute Gasteiger partial charge is 0.493 e. The van der Waals surface area contributed by atoms with Gasteiger partial charge in [-0.2, -0.15) is 0 Å². The van der Waals surface area contributed by atoms with Crippen LogP contribution < -0.4 is 15.4 Å². The summed E-state index contributed by atoms with van der Waals surface area (Å²) >= 11 is 11.8. The zero-order valence-corrected chi connectivity index (χ0v) is 16.7.